The summed E-state index contributed by atoms with van der Waals surface area (Å²) in [6.45, 7) is 11.9. The fourth-order valence-electron chi connectivity index (χ4n) is 5.99. The van der Waals surface area contributed by atoms with Gasteiger partial charge in [0.1, 0.15) is 16.0 Å². The highest BCUT2D eigenvalue weighted by Crippen LogP contribution is 2.47. The van der Waals surface area contributed by atoms with E-state index >= 15 is 0 Å². The molecular formula is C31H36N6O5S. The molecule has 0 unspecified atom stereocenters. The number of carboxylic acid groups (broad SMARTS) is 1. The van der Waals surface area contributed by atoms with Crippen molar-refractivity contribution in [3.8, 4) is 5.88 Å². The summed E-state index contributed by atoms with van der Waals surface area (Å²) in [5.41, 5.74) is 4.19. The number of sulfonamides is 1. The van der Waals surface area contributed by atoms with Crippen LogP contribution >= 0.6 is 0 Å². The van der Waals surface area contributed by atoms with Gasteiger partial charge in [-0.25, -0.2) is 18.1 Å². The minimum Gasteiger partial charge on any atom is -0.481 e. The van der Waals surface area contributed by atoms with Crippen LogP contribution in [0.25, 0.3) is 11.0 Å². The minimum atomic E-state index is -3.93. The number of rotatable bonds is 7. The van der Waals surface area contributed by atoms with Crippen molar-refractivity contribution in [1.82, 2.24) is 29.3 Å². The van der Waals surface area contributed by atoms with Crippen LogP contribution in [0, 0.1) is 26.2 Å². The third-order valence-corrected chi connectivity index (χ3v) is 10.7. The Balaban J connectivity index is 1.45. The summed E-state index contributed by atoms with van der Waals surface area (Å²) >= 11 is 0. The zero-order valence-electron chi connectivity index (χ0n) is 25.2. The average Bonchev–Trinajstić information content (AvgIpc) is 3.59. The average molecular weight is 605 g/mol. The lowest BCUT2D eigenvalue weighted by Crippen LogP contribution is -2.38. The van der Waals surface area contributed by atoms with Gasteiger partial charge in [0.2, 0.25) is 15.9 Å². The fourth-order valence-corrected chi connectivity index (χ4v) is 7.63. The molecule has 1 aliphatic carbocycles. The van der Waals surface area contributed by atoms with Crippen molar-refractivity contribution >= 4 is 27.0 Å². The van der Waals surface area contributed by atoms with E-state index in [4.69, 9.17) is 9.72 Å². The SMILES string of the molecule is CCn1nnc2c(C)c([C@@H](c3cc(CN4CC5(CC5)Oc5ncc(C)cc5S4(=O)=O)c(C)cn3)C(C)(C)C(=O)O)ccc21. The largest absolute Gasteiger partial charge is 0.481 e. The monoisotopic (exact) mass is 604 g/mol. The summed E-state index contributed by atoms with van der Waals surface area (Å²) in [5, 5.41) is 19.0. The standard InChI is InChI=1S/C31H36N6O5S/c1-7-37-24-9-8-22(20(4)27(24)34-35-37)26(30(5,6)29(38)39)23-13-21(19(3)15-32-23)16-36-17-31(10-11-31)42-28-25(43(36,40)41)12-18(2)14-33-28/h8-9,12-15,26H,7,10-11,16-17H2,1-6H3,(H,38,39)/t26-/m0/s1. The molecule has 1 fully saturated rings. The van der Waals surface area contributed by atoms with Gasteiger partial charge < -0.3 is 9.84 Å². The van der Waals surface area contributed by atoms with Crippen LogP contribution in [-0.2, 0) is 27.9 Å². The molecule has 0 bridgehead atoms. The quantitative estimate of drug-likeness (QED) is 0.322. The lowest BCUT2D eigenvalue weighted by molar-refractivity contribution is -0.147. The molecular weight excluding hydrogens is 568 g/mol. The van der Waals surface area contributed by atoms with Crippen molar-refractivity contribution in [3.63, 3.8) is 0 Å². The second-order valence-electron chi connectivity index (χ2n) is 12.4. The molecule has 3 aromatic heterocycles. The van der Waals surface area contributed by atoms with Crippen molar-refractivity contribution in [3.05, 3.63) is 70.2 Å². The molecule has 4 aromatic rings. The topological polar surface area (TPSA) is 140 Å². The maximum absolute atomic E-state index is 14.0. The molecule has 0 radical (unpaired) electrons. The van der Waals surface area contributed by atoms with Crippen molar-refractivity contribution in [2.45, 2.75) is 83.9 Å². The van der Waals surface area contributed by atoms with Gasteiger partial charge in [-0.05, 0) is 100 Å². The molecule has 1 N–H and O–H groups in total. The van der Waals surface area contributed by atoms with E-state index in [2.05, 4.69) is 15.3 Å². The van der Waals surface area contributed by atoms with Crippen LogP contribution in [0.5, 0.6) is 5.88 Å². The zero-order chi connectivity index (χ0) is 30.9. The summed E-state index contributed by atoms with van der Waals surface area (Å²) in [7, 11) is -3.93. The molecule has 0 saturated heterocycles. The Kier molecular flexibility index (Phi) is 6.85. The minimum absolute atomic E-state index is 0.0668. The second-order valence-corrected chi connectivity index (χ2v) is 14.3. The zero-order valence-corrected chi connectivity index (χ0v) is 26.1. The fraction of sp³-hybridized carbons (Fsp3) is 0.452. The van der Waals surface area contributed by atoms with Crippen LogP contribution in [0.2, 0.25) is 0 Å². The number of aliphatic carboxylic acids is 1. The normalized spacial score (nSPS) is 18.2. The van der Waals surface area contributed by atoms with E-state index in [1.807, 2.05) is 39.0 Å². The highest BCUT2D eigenvalue weighted by Gasteiger charge is 2.52. The first-order valence-electron chi connectivity index (χ1n) is 14.4. The summed E-state index contributed by atoms with van der Waals surface area (Å²) < 4.78 is 37.4. The van der Waals surface area contributed by atoms with Crippen LogP contribution in [0.15, 0.2) is 41.6 Å². The van der Waals surface area contributed by atoms with Crippen LogP contribution in [0.4, 0.5) is 0 Å². The molecule has 1 aliphatic heterocycles. The first-order valence-corrected chi connectivity index (χ1v) is 15.9. The number of hydrogen-bond donors (Lipinski definition) is 1. The van der Waals surface area contributed by atoms with Crippen molar-refractivity contribution in [2.75, 3.05) is 6.54 Å². The van der Waals surface area contributed by atoms with Gasteiger partial charge in [0, 0.05) is 37.1 Å². The third-order valence-electron chi connectivity index (χ3n) is 8.90. The molecule has 1 aromatic carbocycles. The van der Waals surface area contributed by atoms with Gasteiger partial charge in [-0.1, -0.05) is 11.3 Å². The number of carboxylic acids is 1. The predicted molar refractivity (Wildman–Crippen MR) is 159 cm³/mol. The molecule has 12 heteroatoms. The van der Waals surface area contributed by atoms with E-state index in [1.54, 1.807) is 43.9 Å². The van der Waals surface area contributed by atoms with E-state index in [1.165, 1.54) is 4.31 Å². The van der Waals surface area contributed by atoms with Crippen molar-refractivity contribution < 1.29 is 23.1 Å². The molecule has 1 atom stereocenters. The molecule has 1 spiro atoms. The molecule has 11 nitrogen and oxygen atoms in total. The Morgan fingerprint density at radius 1 is 1.14 bits per heavy atom. The second kappa shape index (κ2) is 10.1. The number of hydrogen-bond acceptors (Lipinski definition) is 8. The maximum Gasteiger partial charge on any atom is 0.310 e. The third kappa shape index (κ3) is 4.86. The van der Waals surface area contributed by atoms with Gasteiger partial charge in [-0.15, -0.1) is 5.10 Å². The summed E-state index contributed by atoms with van der Waals surface area (Å²) in [4.78, 5) is 21.8. The smallest absolute Gasteiger partial charge is 0.310 e. The van der Waals surface area contributed by atoms with Crippen molar-refractivity contribution in [1.29, 1.82) is 0 Å². The number of benzene rings is 1. The molecule has 4 heterocycles. The molecule has 0 amide bonds. The number of pyridine rings is 2. The lowest BCUT2D eigenvalue weighted by Gasteiger charge is -2.32. The molecule has 226 valence electrons. The summed E-state index contributed by atoms with van der Waals surface area (Å²) in [6, 6.07) is 7.32. The molecule has 43 heavy (non-hydrogen) atoms. The molecule has 6 rings (SSSR count). The van der Waals surface area contributed by atoms with Crippen LogP contribution in [0.3, 0.4) is 0 Å². The van der Waals surface area contributed by atoms with E-state index in [0.717, 1.165) is 46.2 Å². The Morgan fingerprint density at radius 2 is 1.88 bits per heavy atom. The van der Waals surface area contributed by atoms with Crippen LogP contribution in [0.1, 0.15) is 73.0 Å². The Morgan fingerprint density at radius 3 is 2.56 bits per heavy atom. The van der Waals surface area contributed by atoms with Gasteiger partial charge in [-0.3, -0.25) is 9.78 Å². The maximum atomic E-state index is 14.0. The summed E-state index contributed by atoms with van der Waals surface area (Å²) in [6.07, 6.45) is 4.80. The van der Waals surface area contributed by atoms with Gasteiger partial charge in [0.25, 0.3) is 0 Å². The van der Waals surface area contributed by atoms with Crippen LogP contribution < -0.4 is 4.74 Å². The Labute approximate surface area is 251 Å². The van der Waals surface area contributed by atoms with Gasteiger partial charge >= 0.3 is 5.97 Å². The van der Waals surface area contributed by atoms with Gasteiger partial charge in [0.05, 0.1) is 17.5 Å². The predicted octanol–water partition coefficient (Wildman–Crippen LogP) is 4.53. The van der Waals surface area contributed by atoms with E-state index in [0.29, 0.717) is 17.8 Å². The van der Waals surface area contributed by atoms with E-state index in [-0.39, 0.29) is 23.9 Å². The Hall–Kier alpha value is -3.90. The number of carbonyl (C=O) groups is 1. The van der Waals surface area contributed by atoms with Gasteiger partial charge in [-0.2, -0.15) is 4.31 Å². The molecule has 2 aliphatic rings. The lowest BCUT2D eigenvalue weighted by atomic mass is 9.71. The van der Waals surface area contributed by atoms with E-state index < -0.39 is 32.9 Å². The number of ether oxygens (including phenoxy) is 1. The number of aromatic nitrogens is 5. The highest BCUT2D eigenvalue weighted by molar-refractivity contribution is 7.89. The Bertz CT molecular complexity index is 1880. The van der Waals surface area contributed by atoms with Crippen molar-refractivity contribution in [2.24, 2.45) is 5.41 Å². The van der Waals surface area contributed by atoms with E-state index in [9.17, 15) is 18.3 Å². The summed E-state index contributed by atoms with van der Waals surface area (Å²) in [5.74, 6) is -1.47. The highest BCUT2D eigenvalue weighted by atomic mass is 32.2. The first-order chi connectivity index (χ1) is 20.3. The van der Waals surface area contributed by atoms with Gasteiger partial charge in [0.15, 0.2) is 0 Å². The number of nitrogens with zero attached hydrogens (tertiary/aromatic N) is 6. The first kappa shape index (κ1) is 29.2. The molecule has 1 saturated carbocycles. The number of fused-ring (bicyclic) bond motifs is 2. The van der Waals surface area contributed by atoms with Crippen LogP contribution in [-0.4, -0.2) is 60.9 Å². The number of aryl methyl sites for hydroxylation is 4.